The average molecular weight is 694 g/mol. The van der Waals surface area contributed by atoms with Crippen molar-refractivity contribution in [3.63, 3.8) is 0 Å². The van der Waals surface area contributed by atoms with Crippen LogP contribution in [0.2, 0.25) is 10.0 Å². The minimum atomic E-state index is -0.0523. The average Bonchev–Trinajstić information content (AvgIpc) is 3.05. The van der Waals surface area contributed by atoms with Crippen LogP contribution in [-0.2, 0) is 17.7 Å². The largest absolute Gasteiger partial charge is 0.378 e. The van der Waals surface area contributed by atoms with Crippen LogP contribution in [0.15, 0.2) is 46.2 Å². The number of morpholine rings is 1. The number of hydrogen-bond acceptors (Lipinski definition) is 5. The monoisotopic (exact) mass is 692 g/mol. The summed E-state index contributed by atoms with van der Waals surface area (Å²) in [5.41, 5.74) is 2.90. The van der Waals surface area contributed by atoms with Gasteiger partial charge in [-0.05, 0) is 96.6 Å². The number of nitrogens with one attached hydrogen (secondary N) is 1. The summed E-state index contributed by atoms with van der Waals surface area (Å²) in [7, 11) is 0. The Morgan fingerprint density at radius 3 is 2.46 bits per heavy atom. The molecule has 3 aromatic rings. The van der Waals surface area contributed by atoms with E-state index in [9.17, 15) is 4.79 Å². The Kier molecular flexibility index (Phi) is 9.46. The van der Waals surface area contributed by atoms with Gasteiger partial charge in [-0.25, -0.2) is 9.98 Å². The standard InChI is InChI=1S/C38H50Cl2N6O2/c1-23-16-24(2)22-45(21-23)36(42-33-18-27-17-31(25(33)3)38(27,4)5)41-29-8-9-30-34(20-29)43-37(44-12-14-48-15-13-44)46(35(30)47)11-10-26-6-7-28(39)19-32(26)40/h6-9,19-20,23-25,27,31,33H,10-18,21-22H2,1-5H3,(H,41,42)/t23?,24?,25-,27-,31+,33?/m0/s1. The molecule has 2 aliphatic heterocycles. The van der Waals surface area contributed by atoms with E-state index in [4.69, 9.17) is 37.9 Å². The summed E-state index contributed by atoms with van der Waals surface area (Å²) in [5, 5.41) is 5.56. The van der Waals surface area contributed by atoms with Crippen LogP contribution in [0.1, 0.15) is 59.4 Å². The number of aryl methyl sites for hydroxylation is 1. The van der Waals surface area contributed by atoms with E-state index in [0.29, 0.717) is 95.4 Å². The molecule has 2 aromatic carbocycles. The molecule has 258 valence electrons. The van der Waals surface area contributed by atoms with Gasteiger partial charge in [-0.15, -0.1) is 0 Å². The van der Waals surface area contributed by atoms with E-state index in [2.05, 4.69) is 49.7 Å². The second-order valence-electron chi connectivity index (χ2n) is 15.6. The Hall–Kier alpha value is -2.81. The van der Waals surface area contributed by atoms with Crippen LogP contribution in [0.5, 0.6) is 0 Å². The van der Waals surface area contributed by atoms with Crippen molar-refractivity contribution < 1.29 is 4.74 Å². The second kappa shape index (κ2) is 13.5. The number of fused-ring (bicyclic) bond motifs is 3. The third kappa shape index (κ3) is 6.57. The molecule has 0 amide bonds. The van der Waals surface area contributed by atoms with Gasteiger partial charge in [0, 0.05) is 48.5 Å². The van der Waals surface area contributed by atoms with E-state index in [1.54, 1.807) is 10.6 Å². The summed E-state index contributed by atoms with van der Waals surface area (Å²) >= 11 is 12.6. The van der Waals surface area contributed by atoms with Gasteiger partial charge in [0.1, 0.15) is 0 Å². The maximum absolute atomic E-state index is 14.1. The fourth-order valence-corrected chi connectivity index (χ4v) is 9.56. The highest BCUT2D eigenvalue weighted by Crippen LogP contribution is 2.61. The molecule has 5 aliphatic rings. The molecule has 2 saturated heterocycles. The molecule has 2 bridgehead atoms. The van der Waals surface area contributed by atoms with Crippen molar-refractivity contribution in [1.82, 2.24) is 14.5 Å². The van der Waals surface area contributed by atoms with Gasteiger partial charge >= 0.3 is 0 Å². The molecule has 0 radical (unpaired) electrons. The highest BCUT2D eigenvalue weighted by molar-refractivity contribution is 6.35. The molecule has 1 N–H and O–H groups in total. The van der Waals surface area contributed by atoms with Crippen molar-refractivity contribution in [3.8, 4) is 0 Å². The first-order chi connectivity index (χ1) is 23.0. The first-order valence-corrected chi connectivity index (χ1v) is 18.6. The number of hydrogen-bond donors (Lipinski definition) is 1. The summed E-state index contributed by atoms with van der Waals surface area (Å²) < 4.78 is 7.44. The lowest BCUT2D eigenvalue weighted by Gasteiger charge is -2.61. The quantitative estimate of drug-likeness (QED) is 0.212. The minimum Gasteiger partial charge on any atom is -0.378 e. The number of ether oxygens (including phenoxy) is 1. The number of halogens is 2. The van der Waals surface area contributed by atoms with Gasteiger partial charge in [-0.2, -0.15) is 0 Å². The molecule has 3 unspecified atom stereocenters. The summed E-state index contributed by atoms with van der Waals surface area (Å²) in [6.45, 7) is 17.0. The van der Waals surface area contributed by atoms with Crippen LogP contribution in [-0.4, -0.2) is 65.8 Å². The van der Waals surface area contributed by atoms with Crippen LogP contribution in [0, 0.1) is 35.0 Å². The SMILES string of the molecule is CC1CC(C)CN(/C(=N\C2C[C@@H]3C[C@H]([C@@H]2C)C3(C)C)Nc2ccc3c(=O)n(CCc4ccc(Cl)cc4Cl)c(N4CCOCC4)nc3c2)C1. The normalized spacial score (nSPS) is 28.8. The molecule has 8 rings (SSSR count). The van der Waals surface area contributed by atoms with Crippen LogP contribution in [0.3, 0.4) is 0 Å². The van der Waals surface area contributed by atoms with Crippen LogP contribution in [0.25, 0.3) is 10.9 Å². The Labute approximate surface area is 294 Å². The number of likely N-dealkylation sites (tertiary alicyclic amines) is 1. The lowest BCUT2D eigenvalue weighted by molar-refractivity contribution is -0.108. The van der Waals surface area contributed by atoms with Crippen LogP contribution >= 0.6 is 23.2 Å². The molecular weight excluding hydrogens is 643 g/mol. The number of piperidine rings is 1. The number of aliphatic imine (C=N–C) groups is 1. The van der Waals surface area contributed by atoms with Gasteiger partial charge in [-0.1, -0.05) is 63.9 Å². The van der Waals surface area contributed by atoms with E-state index < -0.39 is 0 Å². The van der Waals surface area contributed by atoms with E-state index in [1.807, 2.05) is 30.3 Å². The van der Waals surface area contributed by atoms with E-state index in [1.165, 1.54) is 12.8 Å². The maximum atomic E-state index is 14.1. The third-order valence-corrected chi connectivity index (χ3v) is 12.5. The lowest BCUT2D eigenvalue weighted by Crippen LogP contribution is -2.57. The molecule has 1 aromatic heterocycles. The first kappa shape index (κ1) is 33.7. The van der Waals surface area contributed by atoms with Crippen LogP contribution < -0.4 is 15.8 Å². The molecular formula is C38H50Cl2N6O2. The van der Waals surface area contributed by atoms with Crippen LogP contribution in [0.4, 0.5) is 11.6 Å². The zero-order chi connectivity index (χ0) is 33.7. The zero-order valence-electron chi connectivity index (χ0n) is 29.0. The van der Waals surface area contributed by atoms with Gasteiger partial charge in [0.15, 0.2) is 5.96 Å². The summed E-state index contributed by atoms with van der Waals surface area (Å²) in [6.07, 6.45) is 4.32. The number of anilines is 2. The number of guanidine groups is 1. The van der Waals surface area contributed by atoms with Crippen molar-refractivity contribution in [2.45, 2.75) is 72.9 Å². The Bertz CT molecular complexity index is 1740. The van der Waals surface area contributed by atoms with E-state index >= 15 is 0 Å². The predicted molar refractivity (Wildman–Crippen MR) is 198 cm³/mol. The molecule has 3 heterocycles. The van der Waals surface area contributed by atoms with Gasteiger partial charge < -0.3 is 19.9 Å². The van der Waals surface area contributed by atoms with Gasteiger partial charge in [0.05, 0.1) is 30.2 Å². The van der Waals surface area contributed by atoms with E-state index in [-0.39, 0.29) is 5.56 Å². The maximum Gasteiger partial charge on any atom is 0.262 e. The van der Waals surface area contributed by atoms with Crippen molar-refractivity contribution in [1.29, 1.82) is 0 Å². The zero-order valence-corrected chi connectivity index (χ0v) is 30.5. The Balaban J connectivity index is 1.22. The number of rotatable bonds is 6. The Morgan fingerprint density at radius 2 is 1.77 bits per heavy atom. The smallest absolute Gasteiger partial charge is 0.262 e. The summed E-state index contributed by atoms with van der Waals surface area (Å²) in [5.74, 6) is 4.87. The summed E-state index contributed by atoms with van der Waals surface area (Å²) in [6, 6.07) is 11.8. The van der Waals surface area contributed by atoms with Crippen molar-refractivity contribution in [2.24, 2.45) is 40.0 Å². The summed E-state index contributed by atoms with van der Waals surface area (Å²) in [4.78, 5) is 29.5. The molecule has 6 atom stereocenters. The van der Waals surface area contributed by atoms with Gasteiger partial charge in [-0.3, -0.25) is 9.36 Å². The third-order valence-electron chi connectivity index (χ3n) is 11.9. The molecule has 3 saturated carbocycles. The molecule has 10 heteroatoms. The predicted octanol–water partition coefficient (Wildman–Crippen LogP) is 7.60. The fraction of sp³-hybridized carbons (Fsp3) is 0.605. The molecule has 3 aliphatic carbocycles. The fourth-order valence-electron chi connectivity index (χ4n) is 9.06. The number of aromatic nitrogens is 2. The highest BCUT2D eigenvalue weighted by atomic mass is 35.5. The second-order valence-corrected chi connectivity index (χ2v) is 16.5. The van der Waals surface area contributed by atoms with Crippen molar-refractivity contribution in [2.75, 3.05) is 49.6 Å². The van der Waals surface area contributed by atoms with E-state index in [0.717, 1.165) is 48.6 Å². The molecule has 8 nitrogen and oxygen atoms in total. The lowest BCUT2D eigenvalue weighted by atomic mass is 9.45. The highest BCUT2D eigenvalue weighted by Gasteiger charge is 2.56. The molecule has 48 heavy (non-hydrogen) atoms. The van der Waals surface area contributed by atoms with Crippen molar-refractivity contribution >= 4 is 51.7 Å². The Morgan fingerprint density at radius 1 is 1.02 bits per heavy atom. The minimum absolute atomic E-state index is 0.0523. The van der Waals surface area contributed by atoms with Gasteiger partial charge in [0.2, 0.25) is 5.95 Å². The van der Waals surface area contributed by atoms with Gasteiger partial charge in [0.25, 0.3) is 5.56 Å². The number of benzene rings is 2. The number of nitrogens with zero attached hydrogens (tertiary/aromatic N) is 5. The topological polar surface area (TPSA) is 75.0 Å². The van der Waals surface area contributed by atoms with Crippen molar-refractivity contribution in [3.05, 3.63) is 62.4 Å². The first-order valence-electron chi connectivity index (χ1n) is 17.9. The molecule has 5 fully saturated rings. The molecule has 0 spiro atoms.